The van der Waals surface area contributed by atoms with Crippen molar-refractivity contribution in [3.63, 3.8) is 0 Å². The Bertz CT molecular complexity index is 1050. The van der Waals surface area contributed by atoms with Crippen molar-refractivity contribution in [2.75, 3.05) is 10.6 Å². The monoisotopic (exact) mass is 417 g/mol. The average Bonchev–Trinajstić information content (AvgIpc) is 2.69. The molecule has 0 fully saturated rings. The van der Waals surface area contributed by atoms with Crippen molar-refractivity contribution in [1.29, 1.82) is 0 Å². The van der Waals surface area contributed by atoms with Gasteiger partial charge in [-0.2, -0.15) is 0 Å². The molecule has 0 aliphatic carbocycles. The molecular weight excluding hydrogens is 386 g/mol. The molecule has 5 nitrogen and oxygen atoms in total. The third-order valence-corrected chi connectivity index (χ3v) is 4.94. The predicted molar refractivity (Wildman–Crippen MR) is 127 cm³/mol. The number of carbonyl (C=O) groups is 1. The predicted octanol–water partition coefficient (Wildman–Crippen LogP) is 7.11. The van der Waals surface area contributed by atoms with Crippen molar-refractivity contribution in [3.8, 4) is 11.6 Å². The molecule has 0 saturated heterocycles. The second-order valence-corrected chi connectivity index (χ2v) is 9.64. The third-order valence-electron chi connectivity index (χ3n) is 4.94. The van der Waals surface area contributed by atoms with E-state index in [1.165, 1.54) is 5.56 Å². The number of hydrogen-bond acceptors (Lipinski definition) is 3. The second-order valence-electron chi connectivity index (χ2n) is 9.64. The maximum Gasteiger partial charge on any atom is 0.323 e. The lowest BCUT2D eigenvalue weighted by Crippen LogP contribution is -2.20. The average molecular weight is 418 g/mol. The zero-order valence-electron chi connectivity index (χ0n) is 19.1. The van der Waals surface area contributed by atoms with E-state index in [1.807, 2.05) is 42.5 Å². The Hall–Kier alpha value is -3.34. The van der Waals surface area contributed by atoms with Gasteiger partial charge in [0.1, 0.15) is 11.4 Å². The number of amides is 2. The van der Waals surface area contributed by atoms with E-state index in [0.29, 0.717) is 17.3 Å². The fourth-order valence-electron chi connectivity index (χ4n) is 3.04. The SMILES string of the molecule is CC(C)(C)c1ccc(NC(=O)Nc2cccnc2Oc2cccc(C(C)(C)C)c2)cc1. The number of pyridine rings is 1. The Morgan fingerprint density at radius 3 is 2.13 bits per heavy atom. The number of benzene rings is 2. The first-order valence-electron chi connectivity index (χ1n) is 10.4. The van der Waals surface area contributed by atoms with E-state index < -0.39 is 0 Å². The standard InChI is InChI=1S/C26H31N3O2/c1-25(2,3)18-12-14-20(15-13-18)28-24(30)29-22-11-8-16-27-23(22)31-21-10-7-9-19(17-21)26(4,5)6/h7-17H,1-6H3,(H2,28,29,30). The Labute approximate surface area is 184 Å². The van der Waals surface area contributed by atoms with Crippen LogP contribution in [0.4, 0.5) is 16.2 Å². The van der Waals surface area contributed by atoms with Crippen molar-refractivity contribution in [1.82, 2.24) is 4.98 Å². The van der Waals surface area contributed by atoms with E-state index in [4.69, 9.17) is 4.74 Å². The van der Waals surface area contributed by atoms with Crippen molar-refractivity contribution in [2.24, 2.45) is 0 Å². The van der Waals surface area contributed by atoms with E-state index in [1.54, 1.807) is 18.3 Å². The lowest BCUT2D eigenvalue weighted by atomic mass is 9.87. The van der Waals surface area contributed by atoms with E-state index in [2.05, 4.69) is 63.2 Å². The summed E-state index contributed by atoms with van der Waals surface area (Å²) in [5.74, 6) is 1.01. The summed E-state index contributed by atoms with van der Waals surface area (Å²) in [4.78, 5) is 16.8. The van der Waals surface area contributed by atoms with E-state index in [0.717, 1.165) is 11.3 Å². The van der Waals surface area contributed by atoms with Gasteiger partial charge in [0.25, 0.3) is 0 Å². The molecule has 0 aliphatic rings. The van der Waals surface area contributed by atoms with Crippen LogP contribution in [0.3, 0.4) is 0 Å². The van der Waals surface area contributed by atoms with Crippen molar-refractivity contribution in [2.45, 2.75) is 52.4 Å². The molecule has 0 bridgehead atoms. The summed E-state index contributed by atoms with van der Waals surface area (Å²) in [7, 11) is 0. The first-order valence-corrected chi connectivity index (χ1v) is 10.4. The van der Waals surface area contributed by atoms with Gasteiger partial charge in [-0.15, -0.1) is 0 Å². The number of anilines is 2. The van der Waals surface area contributed by atoms with E-state index in [9.17, 15) is 4.79 Å². The van der Waals surface area contributed by atoms with Gasteiger partial charge in [0.15, 0.2) is 0 Å². The highest BCUT2D eigenvalue weighted by Gasteiger charge is 2.16. The van der Waals surface area contributed by atoms with Crippen molar-refractivity contribution >= 4 is 17.4 Å². The Kier molecular flexibility index (Phi) is 6.34. The number of nitrogens with one attached hydrogen (secondary N) is 2. The number of rotatable bonds is 4. The van der Waals surface area contributed by atoms with Crippen LogP contribution in [0.15, 0.2) is 66.9 Å². The lowest BCUT2D eigenvalue weighted by Gasteiger charge is -2.20. The quantitative estimate of drug-likeness (QED) is 0.475. The summed E-state index contributed by atoms with van der Waals surface area (Å²) < 4.78 is 6.00. The Morgan fingerprint density at radius 1 is 0.806 bits per heavy atom. The molecule has 0 spiro atoms. The second kappa shape index (κ2) is 8.80. The lowest BCUT2D eigenvalue weighted by molar-refractivity contribution is 0.262. The molecule has 5 heteroatoms. The summed E-state index contributed by atoms with van der Waals surface area (Å²) in [5, 5.41) is 5.69. The molecule has 0 unspecified atom stereocenters. The van der Waals surface area contributed by atoms with Crippen LogP contribution in [0.25, 0.3) is 0 Å². The summed E-state index contributed by atoms with van der Waals surface area (Å²) >= 11 is 0. The highest BCUT2D eigenvalue weighted by atomic mass is 16.5. The molecule has 162 valence electrons. The molecule has 0 atom stereocenters. The minimum Gasteiger partial charge on any atom is -0.437 e. The van der Waals surface area contributed by atoms with Crippen molar-refractivity contribution < 1.29 is 9.53 Å². The van der Waals surface area contributed by atoms with Crippen LogP contribution >= 0.6 is 0 Å². The minimum absolute atomic E-state index is 0.00694. The molecule has 2 aromatic carbocycles. The molecular formula is C26H31N3O2. The van der Waals surface area contributed by atoms with Crippen LogP contribution in [0.5, 0.6) is 11.6 Å². The zero-order valence-corrected chi connectivity index (χ0v) is 19.1. The van der Waals surface area contributed by atoms with Gasteiger partial charge in [-0.1, -0.05) is 65.8 Å². The first-order chi connectivity index (χ1) is 14.5. The number of urea groups is 1. The fraction of sp³-hybridized carbons (Fsp3) is 0.308. The number of hydrogen-bond donors (Lipinski definition) is 2. The van der Waals surface area contributed by atoms with Crippen LogP contribution in [-0.4, -0.2) is 11.0 Å². The summed E-state index contributed by atoms with van der Waals surface area (Å²) in [6.45, 7) is 12.9. The van der Waals surface area contributed by atoms with Gasteiger partial charge in [-0.05, 0) is 58.4 Å². The summed E-state index contributed by atoms with van der Waals surface area (Å²) in [5.41, 5.74) is 3.65. The largest absolute Gasteiger partial charge is 0.437 e. The van der Waals surface area contributed by atoms with E-state index >= 15 is 0 Å². The molecule has 0 aliphatic heterocycles. The van der Waals surface area contributed by atoms with Gasteiger partial charge < -0.3 is 15.4 Å². The van der Waals surface area contributed by atoms with Crippen LogP contribution in [0.1, 0.15) is 52.7 Å². The molecule has 0 saturated carbocycles. The maximum atomic E-state index is 12.5. The summed E-state index contributed by atoms with van der Waals surface area (Å²) in [6.07, 6.45) is 1.64. The molecule has 2 amide bonds. The normalized spacial score (nSPS) is 11.7. The highest BCUT2D eigenvalue weighted by Crippen LogP contribution is 2.31. The van der Waals surface area contributed by atoms with Crippen LogP contribution in [0, 0.1) is 0 Å². The van der Waals surface area contributed by atoms with Gasteiger partial charge in [0.2, 0.25) is 5.88 Å². The number of carbonyl (C=O) groups excluding carboxylic acids is 1. The van der Waals surface area contributed by atoms with Crippen LogP contribution in [-0.2, 0) is 10.8 Å². The summed E-state index contributed by atoms with van der Waals surface area (Å²) in [6, 6.07) is 18.9. The smallest absolute Gasteiger partial charge is 0.323 e. The molecule has 31 heavy (non-hydrogen) atoms. The first kappa shape index (κ1) is 22.3. The number of ether oxygens (including phenoxy) is 1. The molecule has 1 aromatic heterocycles. The fourth-order valence-corrected chi connectivity index (χ4v) is 3.04. The van der Waals surface area contributed by atoms with E-state index in [-0.39, 0.29) is 16.9 Å². The molecule has 3 aromatic rings. The molecule has 0 radical (unpaired) electrons. The topological polar surface area (TPSA) is 63.2 Å². The van der Waals surface area contributed by atoms with Gasteiger partial charge in [0.05, 0.1) is 0 Å². The number of aromatic nitrogens is 1. The Balaban J connectivity index is 1.71. The molecule has 1 heterocycles. The van der Waals surface area contributed by atoms with Gasteiger partial charge in [-0.3, -0.25) is 0 Å². The van der Waals surface area contributed by atoms with Gasteiger partial charge >= 0.3 is 6.03 Å². The third kappa shape index (κ3) is 6.07. The highest BCUT2D eigenvalue weighted by molar-refractivity contribution is 6.00. The van der Waals surface area contributed by atoms with Gasteiger partial charge in [-0.25, -0.2) is 9.78 Å². The van der Waals surface area contributed by atoms with Crippen LogP contribution < -0.4 is 15.4 Å². The molecule has 2 N–H and O–H groups in total. The van der Waals surface area contributed by atoms with Crippen LogP contribution in [0.2, 0.25) is 0 Å². The Morgan fingerprint density at radius 2 is 1.48 bits per heavy atom. The minimum atomic E-state index is -0.357. The zero-order chi connectivity index (χ0) is 22.6. The molecule has 3 rings (SSSR count). The number of nitrogens with zero attached hydrogens (tertiary/aromatic N) is 1. The maximum absolute atomic E-state index is 12.5. The van der Waals surface area contributed by atoms with Crippen molar-refractivity contribution in [3.05, 3.63) is 78.0 Å². The van der Waals surface area contributed by atoms with Gasteiger partial charge in [0, 0.05) is 11.9 Å².